The minimum absolute atomic E-state index is 0.208. The highest BCUT2D eigenvalue weighted by Crippen LogP contribution is 2.13. The van der Waals surface area contributed by atoms with Gasteiger partial charge in [-0.3, -0.25) is 9.59 Å². The Labute approximate surface area is 96.3 Å². The highest BCUT2D eigenvalue weighted by molar-refractivity contribution is 5.70. The van der Waals surface area contributed by atoms with Gasteiger partial charge in [-0.05, 0) is 25.7 Å². The van der Waals surface area contributed by atoms with Crippen molar-refractivity contribution in [3.05, 3.63) is 12.7 Å². The maximum absolute atomic E-state index is 10.8. The summed E-state index contributed by atoms with van der Waals surface area (Å²) in [4.78, 5) is 21.6. The number of allylic oxidation sites excluding steroid dienone is 1. The molecule has 0 amide bonds. The first-order valence-electron chi connectivity index (χ1n) is 5.61. The lowest BCUT2D eigenvalue weighted by molar-refractivity contribution is -0.144. The number of carbonyl (C=O) groups is 2. The molecule has 0 heterocycles. The van der Waals surface area contributed by atoms with Gasteiger partial charge in [0.05, 0.1) is 12.5 Å². The fourth-order valence-corrected chi connectivity index (χ4v) is 1.32. The van der Waals surface area contributed by atoms with E-state index in [1.54, 1.807) is 13.0 Å². The topological polar surface area (TPSA) is 63.6 Å². The van der Waals surface area contributed by atoms with Crippen LogP contribution in [0.5, 0.6) is 0 Å². The zero-order chi connectivity index (χ0) is 12.4. The lowest BCUT2D eigenvalue weighted by Crippen LogP contribution is -2.13. The molecule has 4 heteroatoms. The molecule has 1 atom stereocenters. The van der Waals surface area contributed by atoms with E-state index in [-0.39, 0.29) is 11.9 Å². The van der Waals surface area contributed by atoms with Crippen molar-refractivity contribution in [3.8, 4) is 0 Å². The average molecular weight is 228 g/mol. The van der Waals surface area contributed by atoms with Gasteiger partial charge in [0.1, 0.15) is 0 Å². The minimum Gasteiger partial charge on any atom is -0.481 e. The largest absolute Gasteiger partial charge is 0.481 e. The van der Waals surface area contributed by atoms with Gasteiger partial charge in [-0.1, -0.05) is 13.0 Å². The summed E-state index contributed by atoms with van der Waals surface area (Å²) in [5.74, 6) is -1.36. The number of carboxylic acids is 1. The first kappa shape index (κ1) is 14.7. The molecular formula is C12H20O4. The summed E-state index contributed by atoms with van der Waals surface area (Å²) >= 11 is 0. The van der Waals surface area contributed by atoms with E-state index >= 15 is 0 Å². The molecule has 0 aliphatic rings. The average Bonchev–Trinajstić information content (AvgIpc) is 2.26. The second kappa shape index (κ2) is 8.95. The van der Waals surface area contributed by atoms with Gasteiger partial charge in [0, 0.05) is 6.42 Å². The number of rotatable bonds is 9. The van der Waals surface area contributed by atoms with E-state index in [0.717, 1.165) is 6.42 Å². The van der Waals surface area contributed by atoms with Crippen molar-refractivity contribution in [1.29, 1.82) is 0 Å². The Hall–Kier alpha value is -1.32. The lowest BCUT2D eigenvalue weighted by Gasteiger charge is -2.09. The van der Waals surface area contributed by atoms with Gasteiger partial charge in [-0.2, -0.15) is 0 Å². The Morgan fingerprint density at radius 3 is 2.62 bits per heavy atom. The predicted molar refractivity (Wildman–Crippen MR) is 61.0 cm³/mol. The van der Waals surface area contributed by atoms with E-state index in [1.807, 2.05) is 0 Å². The molecule has 0 radical (unpaired) electrons. The molecule has 0 aromatic heterocycles. The highest BCUT2D eigenvalue weighted by atomic mass is 16.5. The zero-order valence-electron chi connectivity index (χ0n) is 9.78. The van der Waals surface area contributed by atoms with Gasteiger partial charge >= 0.3 is 11.9 Å². The number of ether oxygens (including phenoxy) is 1. The van der Waals surface area contributed by atoms with Crippen LogP contribution >= 0.6 is 0 Å². The molecule has 0 aliphatic carbocycles. The molecule has 16 heavy (non-hydrogen) atoms. The third kappa shape index (κ3) is 7.04. The van der Waals surface area contributed by atoms with Crippen molar-refractivity contribution < 1.29 is 19.4 Å². The van der Waals surface area contributed by atoms with Gasteiger partial charge in [0.15, 0.2) is 0 Å². The minimum atomic E-state index is -0.787. The van der Waals surface area contributed by atoms with Crippen LogP contribution in [0.1, 0.15) is 39.0 Å². The predicted octanol–water partition coefficient (Wildman–Crippen LogP) is 2.39. The quantitative estimate of drug-likeness (QED) is 0.374. The van der Waals surface area contributed by atoms with E-state index in [2.05, 4.69) is 6.58 Å². The second-order valence-corrected chi connectivity index (χ2v) is 3.63. The first-order valence-corrected chi connectivity index (χ1v) is 5.61. The maximum Gasteiger partial charge on any atom is 0.306 e. The van der Waals surface area contributed by atoms with E-state index in [1.165, 1.54) is 0 Å². The molecular weight excluding hydrogens is 208 g/mol. The van der Waals surface area contributed by atoms with Crippen LogP contribution in [0.25, 0.3) is 0 Å². The van der Waals surface area contributed by atoms with E-state index < -0.39 is 5.97 Å². The summed E-state index contributed by atoms with van der Waals surface area (Å²) < 4.78 is 4.89. The number of aliphatic carboxylic acids is 1. The summed E-state index contributed by atoms with van der Waals surface area (Å²) in [5, 5.41) is 8.85. The molecule has 4 nitrogen and oxygen atoms in total. The number of carboxylic acid groups (broad SMARTS) is 1. The zero-order valence-corrected chi connectivity index (χ0v) is 9.78. The Kier molecular flexibility index (Phi) is 8.21. The normalized spacial score (nSPS) is 11.8. The smallest absolute Gasteiger partial charge is 0.306 e. The Bertz CT molecular complexity index is 235. The number of unbranched alkanes of at least 4 members (excludes halogenated alkanes) is 1. The number of carbonyl (C=O) groups excluding carboxylic acids is 1. The fraction of sp³-hybridized carbons (Fsp3) is 0.667. The summed E-state index contributed by atoms with van der Waals surface area (Å²) in [5.41, 5.74) is 0. The molecule has 0 saturated carbocycles. The standard InChI is InChI=1S/C12H20O4/c1-3-7-10(12(14)15)8-5-6-9-16-11(13)4-2/h3,10H,1,4-9H2,2H3,(H,14,15). The Morgan fingerprint density at radius 2 is 2.12 bits per heavy atom. The number of esters is 1. The molecule has 0 saturated heterocycles. The van der Waals surface area contributed by atoms with Crippen LogP contribution in [-0.2, 0) is 14.3 Å². The monoisotopic (exact) mass is 228 g/mol. The van der Waals surface area contributed by atoms with Gasteiger partial charge < -0.3 is 9.84 Å². The summed E-state index contributed by atoms with van der Waals surface area (Å²) in [7, 11) is 0. The van der Waals surface area contributed by atoms with Gasteiger partial charge in [-0.25, -0.2) is 0 Å². The van der Waals surface area contributed by atoms with Crippen LogP contribution in [0.3, 0.4) is 0 Å². The molecule has 0 fully saturated rings. The van der Waals surface area contributed by atoms with Crippen LogP contribution in [0, 0.1) is 5.92 Å². The lowest BCUT2D eigenvalue weighted by atomic mass is 9.99. The number of hydrogen-bond donors (Lipinski definition) is 1. The summed E-state index contributed by atoms with van der Waals surface area (Å²) in [6.07, 6.45) is 4.56. The Balaban J connectivity index is 3.58. The molecule has 0 aromatic rings. The fourth-order valence-electron chi connectivity index (χ4n) is 1.32. The highest BCUT2D eigenvalue weighted by Gasteiger charge is 2.14. The van der Waals surface area contributed by atoms with Gasteiger partial charge in [0.2, 0.25) is 0 Å². The molecule has 0 aliphatic heterocycles. The molecule has 0 bridgehead atoms. The van der Waals surface area contributed by atoms with Crippen molar-refractivity contribution >= 4 is 11.9 Å². The third-order valence-electron chi connectivity index (χ3n) is 2.30. The van der Waals surface area contributed by atoms with Crippen LogP contribution in [0.4, 0.5) is 0 Å². The molecule has 92 valence electrons. The third-order valence-corrected chi connectivity index (χ3v) is 2.30. The van der Waals surface area contributed by atoms with Crippen molar-refractivity contribution in [3.63, 3.8) is 0 Å². The van der Waals surface area contributed by atoms with E-state index in [0.29, 0.717) is 32.3 Å². The second-order valence-electron chi connectivity index (χ2n) is 3.63. The van der Waals surface area contributed by atoms with Crippen molar-refractivity contribution in [1.82, 2.24) is 0 Å². The van der Waals surface area contributed by atoms with Gasteiger partial charge in [-0.15, -0.1) is 6.58 Å². The Morgan fingerprint density at radius 1 is 1.44 bits per heavy atom. The van der Waals surface area contributed by atoms with Crippen molar-refractivity contribution in [2.24, 2.45) is 5.92 Å². The summed E-state index contributed by atoms with van der Waals surface area (Å²) in [6.45, 7) is 5.65. The van der Waals surface area contributed by atoms with Gasteiger partial charge in [0.25, 0.3) is 0 Å². The van der Waals surface area contributed by atoms with Crippen LogP contribution in [-0.4, -0.2) is 23.7 Å². The molecule has 0 rings (SSSR count). The van der Waals surface area contributed by atoms with Crippen LogP contribution in [0.2, 0.25) is 0 Å². The first-order chi connectivity index (χ1) is 7.61. The SMILES string of the molecule is C=CCC(CCCCOC(=O)CC)C(=O)O. The maximum atomic E-state index is 10.8. The van der Waals surface area contributed by atoms with E-state index in [9.17, 15) is 9.59 Å². The molecule has 1 unspecified atom stereocenters. The molecule has 0 aromatic carbocycles. The summed E-state index contributed by atoms with van der Waals surface area (Å²) in [6, 6.07) is 0. The number of hydrogen-bond acceptors (Lipinski definition) is 3. The van der Waals surface area contributed by atoms with Crippen LogP contribution < -0.4 is 0 Å². The van der Waals surface area contributed by atoms with Crippen LogP contribution in [0.15, 0.2) is 12.7 Å². The molecule has 0 spiro atoms. The van der Waals surface area contributed by atoms with E-state index in [4.69, 9.17) is 9.84 Å². The molecule has 1 N–H and O–H groups in total. The van der Waals surface area contributed by atoms with Crippen molar-refractivity contribution in [2.45, 2.75) is 39.0 Å². The van der Waals surface area contributed by atoms with Crippen molar-refractivity contribution in [2.75, 3.05) is 6.61 Å².